The molecule has 5 nitrogen and oxygen atoms in total. The Morgan fingerprint density at radius 3 is 2.68 bits per heavy atom. The molecule has 1 aromatic rings. The van der Waals surface area contributed by atoms with E-state index in [1.54, 1.807) is 11.3 Å². The molecule has 19 heavy (non-hydrogen) atoms. The number of esters is 1. The number of rotatable bonds is 4. The van der Waals surface area contributed by atoms with Crippen LogP contribution in [0.15, 0.2) is 17.5 Å². The Morgan fingerprint density at radius 2 is 2.16 bits per heavy atom. The molecule has 1 saturated heterocycles. The maximum atomic E-state index is 12.0. The lowest BCUT2D eigenvalue weighted by atomic mass is 9.92. The van der Waals surface area contributed by atoms with Crippen molar-refractivity contribution in [3.05, 3.63) is 22.4 Å². The molecule has 106 valence electrons. The lowest BCUT2D eigenvalue weighted by Crippen LogP contribution is -2.56. The number of hydrogen-bond acceptors (Lipinski definition) is 6. The SMILES string of the molecule is COC(=O)C1(NCc2cccs2)CCS(=O)(=O)CC1. The molecule has 0 amide bonds. The van der Waals surface area contributed by atoms with E-state index in [2.05, 4.69) is 5.32 Å². The average Bonchev–Trinajstić information content (AvgIpc) is 2.90. The number of methoxy groups -OCH3 is 1. The molecule has 0 bridgehead atoms. The topological polar surface area (TPSA) is 72.5 Å². The molecule has 2 rings (SSSR count). The number of nitrogens with one attached hydrogen (secondary N) is 1. The molecule has 1 aliphatic heterocycles. The zero-order valence-electron chi connectivity index (χ0n) is 10.7. The van der Waals surface area contributed by atoms with E-state index in [0.717, 1.165) is 4.88 Å². The molecule has 2 heterocycles. The van der Waals surface area contributed by atoms with Crippen LogP contribution in [0.25, 0.3) is 0 Å². The predicted molar refractivity (Wildman–Crippen MR) is 73.8 cm³/mol. The van der Waals surface area contributed by atoms with E-state index in [0.29, 0.717) is 6.54 Å². The van der Waals surface area contributed by atoms with Crippen molar-refractivity contribution in [3.63, 3.8) is 0 Å². The molecule has 0 atom stereocenters. The summed E-state index contributed by atoms with van der Waals surface area (Å²) in [6.07, 6.45) is 0.542. The van der Waals surface area contributed by atoms with Crippen molar-refractivity contribution in [2.24, 2.45) is 0 Å². The summed E-state index contributed by atoms with van der Waals surface area (Å²) in [5.74, 6) is -0.321. The van der Waals surface area contributed by atoms with E-state index in [-0.39, 0.29) is 30.3 Å². The Hall–Kier alpha value is -0.920. The molecule has 0 aliphatic carbocycles. The molecular weight excluding hydrogens is 286 g/mol. The van der Waals surface area contributed by atoms with E-state index in [4.69, 9.17) is 4.74 Å². The van der Waals surface area contributed by atoms with Crippen LogP contribution in [-0.4, -0.2) is 38.5 Å². The van der Waals surface area contributed by atoms with E-state index in [9.17, 15) is 13.2 Å². The van der Waals surface area contributed by atoms with E-state index in [1.807, 2.05) is 17.5 Å². The Bertz CT molecular complexity index is 522. The van der Waals surface area contributed by atoms with Gasteiger partial charge in [0, 0.05) is 11.4 Å². The van der Waals surface area contributed by atoms with Gasteiger partial charge in [-0.05, 0) is 24.3 Å². The maximum absolute atomic E-state index is 12.0. The lowest BCUT2D eigenvalue weighted by Gasteiger charge is -2.35. The fourth-order valence-electron chi connectivity index (χ4n) is 2.20. The van der Waals surface area contributed by atoms with Crippen LogP contribution in [0, 0.1) is 0 Å². The van der Waals surface area contributed by atoms with Gasteiger partial charge in [0.25, 0.3) is 0 Å². The molecule has 7 heteroatoms. The van der Waals surface area contributed by atoms with Crippen LogP contribution < -0.4 is 5.32 Å². The normalized spacial score (nSPS) is 20.9. The number of thiophene rings is 1. The molecule has 0 aromatic carbocycles. The van der Waals surface area contributed by atoms with E-state index >= 15 is 0 Å². The fourth-order valence-corrected chi connectivity index (χ4v) is 4.37. The maximum Gasteiger partial charge on any atom is 0.326 e. The zero-order chi connectivity index (χ0) is 13.9. The van der Waals surface area contributed by atoms with Gasteiger partial charge in [-0.25, -0.2) is 8.42 Å². The summed E-state index contributed by atoms with van der Waals surface area (Å²) in [7, 11) is -1.68. The average molecular weight is 303 g/mol. The summed E-state index contributed by atoms with van der Waals surface area (Å²) in [5, 5.41) is 5.16. The lowest BCUT2D eigenvalue weighted by molar-refractivity contribution is -0.149. The molecule has 0 spiro atoms. The first-order valence-electron chi connectivity index (χ1n) is 6.04. The summed E-state index contributed by atoms with van der Waals surface area (Å²) < 4.78 is 27.8. The Labute approximate surface area is 116 Å². The molecule has 0 unspecified atom stereocenters. The third-order valence-electron chi connectivity index (χ3n) is 3.44. The first-order valence-corrected chi connectivity index (χ1v) is 8.74. The van der Waals surface area contributed by atoms with E-state index in [1.165, 1.54) is 7.11 Å². The Balaban J connectivity index is 2.10. The van der Waals surface area contributed by atoms with Crippen LogP contribution in [0.3, 0.4) is 0 Å². The molecule has 1 aromatic heterocycles. The molecule has 0 radical (unpaired) electrons. The van der Waals surface area contributed by atoms with Gasteiger partial charge in [-0.2, -0.15) is 0 Å². The minimum atomic E-state index is -3.01. The van der Waals surface area contributed by atoms with Crippen LogP contribution in [-0.2, 0) is 25.9 Å². The second-order valence-electron chi connectivity index (χ2n) is 4.66. The van der Waals surface area contributed by atoms with Crippen LogP contribution in [0.1, 0.15) is 17.7 Å². The van der Waals surface area contributed by atoms with Crippen molar-refractivity contribution in [2.45, 2.75) is 24.9 Å². The van der Waals surface area contributed by atoms with Gasteiger partial charge in [0.15, 0.2) is 0 Å². The van der Waals surface area contributed by atoms with Crippen molar-refractivity contribution in [2.75, 3.05) is 18.6 Å². The minimum absolute atomic E-state index is 0.0273. The largest absolute Gasteiger partial charge is 0.468 e. The minimum Gasteiger partial charge on any atom is -0.468 e. The number of carbonyl (C=O) groups is 1. The third kappa shape index (κ3) is 3.34. The van der Waals surface area contributed by atoms with Crippen molar-refractivity contribution in [1.29, 1.82) is 0 Å². The predicted octanol–water partition coefficient (Wildman–Crippen LogP) is 0.958. The standard InChI is InChI=1S/C12H17NO4S2/c1-17-11(14)12(4-7-19(15,16)8-5-12)13-9-10-3-2-6-18-10/h2-3,6,13H,4-5,7-9H2,1H3. The number of carbonyl (C=O) groups excluding carboxylic acids is 1. The van der Waals surface area contributed by atoms with Crippen LogP contribution in [0.2, 0.25) is 0 Å². The molecule has 1 N–H and O–H groups in total. The summed E-state index contributed by atoms with van der Waals surface area (Å²) in [6.45, 7) is 0.548. The van der Waals surface area contributed by atoms with Crippen molar-refractivity contribution >= 4 is 27.1 Å². The highest BCUT2D eigenvalue weighted by Crippen LogP contribution is 2.26. The van der Waals surface area contributed by atoms with Gasteiger partial charge in [0.05, 0.1) is 18.6 Å². The van der Waals surface area contributed by atoms with E-state index < -0.39 is 15.4 Å². The van der Waals surface area contributed by atoms with Gasteiger partial charge >= 0.3 is 5.97 Å². The van der Waals surface area contributed by atoms with Gasteiger partial charge in [0.1, 0.15) is 15.4 Å². The Kier molecular flexibility index (Phi) is 4.27. The van der Waals surface area contributed by atoms with Crippen molar-refractivity contribution in [3.8, 4) is 0 Å². The summed E-state index contributed by atoms with van der Waals surface area (Å²) >= 11 is 1.60. The van der Waals surface area contributed by atoms with Crippen molar-refractivity contribution < 1.29 is 17.9 Å². The molecule has 1 fully saturated rings. The van der Waals surface area contributed by atoms with Gasteiger partial charge < -0.3 is 4.74 Å². The molecule has 1 aliphatic rings. The highest BCUT2D eigenvalue weighted by atomic mass is 32.2. The monoisotopic (exact) mass is 303 g/mol. The summed E-state index contributed by atoms with van der Waals surface area (Å²) in [4.78, 5) is 13.1. The fraction of sp³-hybridized carbons (Fsp3) is 0.583. The van der Waals surface area contributed by atoms with Gasteiger partial charge in [0.2, 0.25) is 0 Å². The van der Waals surface area contributed by atoms with Crippen molar-refractivity contribution in [1.82, 2.24) is 5.32 Å². The zero-order valence-corrected chi connectivity index (χ0v) is 12.4. The number of ether oxygens (including phenoxy) is 1. The number of hydrogen-bond donors (Lipinski definition) is 1. The quantitative estimate of drug-likeness (QED) is 0.839. The van der Waals surface area contributed by atoms with Crippen LogP contribution in [0.5, 0.6) is 0 Å². The highest BCUT2D eigenvalue weighted by molar-refractivity contribution is 7.91. The molecule has 0 saturated carbocycles. The summed E-state index contributed by atoms with van der Waals surface area (Å²) in [5.41, 5.74) is -0.871. The first kappa shape index (κ1) is 14.5. The van der Waals surface area contributed by atoms with Gasteiger partial charge in [-0.15, -0.1) is 11.3 Å². The second-order valence-corrected chi connectivity index (χ2v) is 7.99. The third-order valence-corrected chi connectivity index (χ3v) is 5.97. The second kappa shape index (κ2) is 5.60. The molecular formula is C12H17NO4S2. The Morgan fingerprint density at radius 1 is 1.47 bits per heavy atom. The highest BCUT2D eigenvalue weighted by Gasteiger charge is 2.44. The first-order chi connectivity index (χ1) is 8.97. The van der Waals surface area contributed by atoms with Crippen LogP contribution >= 0.6 is 11.3 Å². The number of sulfone groups is 1. The van der Waals surface area contributed by atoms with Crippen LogP contribution in [0.4, 0.5) is 0 Å². The van der Waals surface area contributed by atoms with Gasteiger partial charge in [-0.3, -0.25) is 10.1 Å². The van der Waals surface area contributed by atoms with Gasteiger partial charge in [-0.1, -0.05) is 6.07 Å². The smallest absolute Gasteiger partial charge is 0.326 e. The summed E-state index contributed by atoms with van der Waals surface area (Å²) in [6, 6.07) is 3.92.